The summed E-state index contributed by atoms with van der Waals surface area (Å²) >= 11 is 0. The molecule has 2 fully saturated rings. The molecule has 1 unspecified atom stereocenters. The molecule has 1 atom stereocenters. The lowest BCUT2D eigenvalue weighted by atomic mass is 9.78. The number of aromatic nitrogens is 2. The van der Waals surface area contributed by atoms with Crippen LogP contribution in [0.15, 0.2) is 24.3 Å². The van der Waals surface area contributed by atoms with Crippen LogP contribution < -0.4 is 5.32 Å². The van der Waals surface area contributed by atoms with Gasteiger partial charge in [-0.3, -0.25) is 0 Å². The van der Waals surface area contributed by atoms with Gasteiger partial charge in [0.15, 0.2) is 0 Å². The SMILES string of the molecule is Cc1nc2ccccc2nc1NC1CCOC2(CCCCC2)C1. The molecule has 0 bridgehead atoms. The average Bonchev–Trinajstić information content (AvgIpc) is 2.56. The Labute approximate surface area is 137 Å². The van der Waals surface area contributed by atoms with Crippen molar-refractivity contribution in [2.45, 2.75) is 63.5 Å². The highest BCUT2D eigenvalue weighted by Gasteiger charge is 2.38. The zero-order valence-corrected chi connectivity index (χ0v) is 13.8. The number of fused-ring (bicyclic) bond motifs is 1. The Hall–Kier alpha value is -1.68. The van der Waals surface area contributed by atoms with E-state index >= 15 is 0 Å². The third-order valence-corrected chi connectivity index (χ3v) is 5.34. The van der Waals surface area contributed by atoms with Crippen molar-refractivity contribution < 1.29 is 4.74 Å². The van der Waals surface area contributed by atoms with E-state index < -0.39 is 0 Å². The number of nitrogens with one attached hydrogen (secondary N) is 1. The van der Waals surface area contributed by atoms with Crippen molar-refractivity contribution in [1.82, 2.24) is 9.97 Å². The summed E-state index contributed by atoms with van der Waals surface area (Å²) in [5.74, 6) is 0.932. The molecule has 0 radical (unpaired) electrons. The van der Waals surface area contributed by atoms with Gasteiger partial charge in [-0.1, -0.05) is 31.4 Å². The van der Waals surface area contributed by atoms with Crippen LogP contribution in [0.2, 0.25) is 0 Å². The van der Waals surface area contributed by atoms with Gasteiger partial charge < -0.3 is 10.1 Å². The summed E-state index contributed by atoms with van der Waals surface area (Å²) in [6.07, 6.45) is 8.55. The Morgan fingerprint density at radius 2 is 1.83 bits per heavy atom. The van der Waals surface area contributed by atoms with E-state index in [2.05, 4.69) is 10.3 Å². The van der Waals surface area contributed by atoms with Crippen LogP contribution in [0, 0.1) is 6.92 Å². The van der Waals surface area contributed by atoms with Crippen LogP contribution in [-0.2, 0) is 4.74 Å². The van der Waals surface area contributed by atoms with E-state index in [-0.39, 0.29) is 5.60 Å². The maximum atomic E-state index is 6.20. The first-order valence-electron chi connectivity index (χ1n) is 8.88. The molecule has 1 aliphatic heterocycles. The average molecular weight is 311 g/mol. The summed E-state index contributed by atoms with van der Waals surface area (Å²) in [7, 11) is 0. The van der Waals surface area contributed by atoms with E-state index in [4.69, 9.17) is 9.72 Å². The molecule has 1 aliphatic carbocycles. The monoisotopic (exact) mass is 311 g/mol. The first kappa shape index (κ1) is 14.9. The molecule has 1 saturated carbocycles. The molecule has 4 heteroatoms. The van der Waals surface area contributed by atoms with Crippen molar-refractivity contribution in [2.24, 2.45) is 0 Å². The first-order valence-corrected chi connectivity index (χ1v) is 8.88. The van der Waals surface area contributed by atoms with Crippen molar-refractivity contribution >= 4 is 16.9 Å². The lowest BCUT2D eigenvalue weighted by Crippen LogP contribution is -2.45. The molecule has 4 rings (SSSR count). The van der Waals surface area contributed by atoms with E-state index in [0.29, 0.717) is 6.04 Å². The molecule has 2 aromatic rings. The molecule has 23 heavy (non-hydrogen) atoms. The molecule has 1 aromatic carbocycles. The van der Waals surface area contributed by atoms with Crippen molar-refractivity contribution in [3.63, 3.8) is 0 Å². The fourth-order valence-electron chi connectivity index (χ4n) is 4.11. The van der Waals surface area contributed by atoms with Crippen LogP contribution >= 0.6 is 0 Å². The summed E-state index contributed by atoms with van der Waals surface area (Å²) in [6.45, 7) is 2.90. The van der Waals surface area contributed by atoms with Crippen molar-refractivity contribution in [3.05, 3.63) is 30.0 Å². The second-order valence-electron chi connectivity index (χ2n) is 7.07. The quantitative estimate of drug-likeness (QED) is 0.901. The Morgan fingerprint density at radius 3 is 2.61 bits per heavy atom. The number of nitrogens with zero attached hydrogens (tertiary/aromatic N) is 2. The van der Waals surface area contributed by atoms with Gasteiger partial charge in [-0.25, -0.2) is 9.97 Å². The van der Waals surface area contributed by atoms with Gasteiger partial charge in [0, 0.05) is 12.6 Å². The number of aryl methyl sites for hydroxylation is 1. The van der Waals surface area contributed by atoms with E-state index in [9.17, 15) is 0 Å². The largest absolute Gasteiger partial charge is 0.375 e. The molecule has 2 aliphatic rings. The Morgan fingerprint density at radius 1 is 1.09 bits per heavy atom. The smallest absolute Gasteiger partial charge is 0.148 e. The topological polar surface area (TPSA) is 47.0 Å². The van der Waals surface area contributed by atoms with Crippen LogP contribution in [0.5, 0.6) is 0 Å². The van der Waals surface area contributed by atoms with E-state index in [1.807, 2.05) is 31.2 Å². The molecule has 1 aromatic heterocycles. The summed E-state index contributed by atoms with van der Waals surface area (Å²) in [5.41, 5.74) is 3.02. The minimum atomic E-state index is 0.117. The molecule has 1 saturated heterocycles. The summed E-state index contributed by atoms with van der Waals surface area (Å²) < 4.78 is 6.20. The molecular weight excluding hydrogens is 286 g/mol. The molecule has 1 N–H and O–H groups in total. The van der Waals surface area contributed by atoms with E-state index in [1.54, 1.807) is 0 Å². The number of rotatable bonds is 2. The van der Waals surface area contributed by atoms with Gasteiger partial charge in [0.25, 0.3) is 0 Å². The zero-order chi connectivity index (χ0) is 15.7. The normalized spacial score (nSPS) is 24.0. The van der Waals surface area contributed by atoms with Crippen molar-refractivity contribution in [3.8, 4) is 0 Å². The van der Waals surface area contributed by atoms with Gasteiger partial charge >= 0.3 is 0 Å². The second-order valence-corrected chi connectivity index (χ2v) is 7.07. The van der Waals surface area contributed by atoms with Crippen LogP contribution in [-0.4, -0.2) is 28.2 Å². The van der Waals surface area contributed by atoms with E-state index in [0.717, 1.165) is 42.0 Å². The van der Waals surface area contributed by atoms with Gasteiger partial charge in [-0.2, -0.15) is 0 Å². The lowest BCUT2D eigenvalue weighted by molar-refractivity contribution is -0.103. The summed E-state index contributed by atoms with van der Waals surface area (Å²) in [6, 6.07) is 8.51. The highest BCUT2D eigenvalue weighted by Crippen LogP contribution is 2.39. The number of anilines is 1. The molecule has 1 spiro atoms. The summed E-state index contributed by atoms with van der Waals surface area (Å²) in [4.78, 5) is 9.48. The van der Waals surface area contributed by atoms with Gasteiger partial charge in [-0.05, 0) is 44.7 Å². The third-order valence-electron chi connectivity index (χ3n) is 5.34. The maximum Gasteiger partial charge on any atom is 0.148 e. The van der Waals surface area contributed by atoms with Gasteiger partial charge in [-0.15, -0.1) is 0 Å². The molecular formula is C19H25N3O. The molecule has 122 valence electrons. The lowest BCUT2D eigenvalue weighted by Gasteiger charge is -2.43. The van der Waals surface area contributed by atoms with Crippen molar-refractivity contribution in [2.75, 3.05) is 11.9 Å². The standard InChI is InChI=1S/C19H25N3O/c1-14-18(22-17-8-4-3-7-16(17)20-14)21-15-9-12-23-19(13-15)10-5-2-6-11-19/h3-4,7-8,15H,2,5-6,9-13H2,1H3,(H,21,22). The van der Waals surface area contributed by atoms with Crippen LogP contribution in [0.1, 0.15) is 50.6 Å². The maximum absolute atomic E-state index is 6.20. The van der Waals surface area contributed by atoms with Gasteiger partial charge in [0.2, 0.25) is 0 Å². The molecule has 4 nitrogen and oxygen atoms in total. The number of hydrogen-bond acceptors (Lipinski definition) is 4. The zero-order valence-electron chi connectivity index (χ0n) is 13.8. The predicted octanol–water partition coefficient (Wildman–Crippen LogP) is 4.23. The first-order chi connectivity index (χ1) is 11.2. The minimum absolute atomic E-state index is 0.117. The Balaban J connectivity index is 1.54. The fraction of sp³-hybridized carbons (Fsp3) is 0.579. The van der Waals surface area contributed by atoms with Gasteiger partial charge in [0.1, 0.15) is 5.82 Å². The van der Waals surface area contributed by atoms with Gasteiger partial charge in [0.05, 0.1) is 22.3 Å². The van der Waals surface area contributed by atoms with Crippen LogP contribution in [0.25, 0.3) is 11.0 Å². The highest BCUT2D eigenvalue weighted by atomic mass is 16.5. The Bertz CT molecular complexity index is 689. The van der Waals surface area contributed by atoms with Crippen molar-refractivity contribution in [1.29, 1.82) is 0 Å². The molecule has 0 amide bonds. The number of para-hydroxylation sites is 2. The van der Waals surface area contributed by atoms with Crippen LogP contribution in [0.3, 0.4) is 0 Å². The number of hydrogen-bond donors (Lipinski definition) is 1. The number of ether oxygens (including phenoxy) is 1. The summed E-state index contributed by atoms with van der Waals surface area (Å²) in [5, 5.41) is 3.66. The predicted molar refractivity (Wildman–Crippen MR) is 92.7 cm³/mol. The Kier molecular flexibility index (Phi) is 3.93. The minimum Gasteiger partial charge on any atom is -0.375 e. The highest BCUT2D eigenvalue weighted by molar-refractivity contribution is 5.76. The third kappa shape index (κ3) is 3.05. The van der Waals surface area contributed by atoms with E-state index in [1.165, 1.54) is 32.1 Å². The fourth-order valence-corrected chi connectivity index (χ4v) is 4.11. The number of benzene rings is 1. The van der Waals surface area contributed by atoms with Crippen LogP contribution in [0.4, 0.5) is 5.82 Å². The second kappa shape index (κ2) is 6.08. The molecule has 2 heterocycles.